The van der Waals surface area contributed by atoms with Crippen molar-refractivity contribution in [3.8, 4) is 11.1 Å². The predicted octanol–water partition coefficient (Wildman–Crippen LogP) is 10.4. The fraction of sp³-hybridized carbons (Fsp3) is 0. The van der Waals surface area contributed by atoms with Crippen molar-refractivity contribution < 1.29 is 8.98 Å². The van der Waals surface area contributed by atoms with Gasteiger partial charge in [0.2, 0.25) is 0 Å². The highest BCUT2D eigenvalue weighted by atomic mass is 31.2. The molecule has 3 heteroatoms. The molecule has 0 fully saturated rings. The maximum atomic E-state index is 15.4. The second kappa shape index (κ2) is 10.1. The lowest BCUT2D eigenvalue weighted by molar-refractivity contribution is 0.592. The number of hydrogen-bond acceptors (Lipinski definition) is 2. The summed E-state index contributed by atoms with van der Waals surface area (Å²) in [6, 6.07) is 56.0. The molecule has 0 saturated heterocycles. The molecule has 0 bridgehead atoms. The fourth-order valence-corrected chi connectivity index (χ4v) is 9.94. The van der Waals surface area contributed by atoms with Crippen LogP contribution in [0.4, 0.5) is 0 Å². The Morgan fingerprint density at radius 3 is 1.62 bits per heavy atom. The number of rotatable bonds is 4. The summed E-state index contributed by atoms with van der Waals surface area (Å²) in [7, 11) is -3.16. The second-order valence-corrected chi connectivity index (χ2v) is 14.3. The van der Waals surface area contributed by atoms with Crippen LogP contribution in [0.1, 0.15) is 0 Å². The standard InChI is InChI=1S/C42H27O2P/c43-45(29-13-3-1-4-14-29,30-15-5-2-6-16-30)40-26-24-31(32-17-7-10-20-35(32)40)28-23-25-39-38(27-28)41-36-21-11-8-18-33(36)34-19-9-12-22-37(34)42(41)44-39/h1-27H. The minimum atomic E-state index is -3.16. The third-order valence-electron chi connectivity index (χ3n) is 9.14. The van der Waals surface area contributed by atoms with Gasteiger partial charge in [-0.25, -0.2) is 0 Å². The summed E-state index contributed by atoms with van der Waals surface area (Å²) in [5.74, 6) is 0. The molecule has 45 heavy (non-hydrogen) atoms. The molecule has 1 aromatic heterocycles. The van der Waals surface area contributed by atoms with Gasteiger partial charge in [0.25, 0.3) is 0 Å². The molecule has 9 aromatic rings. The van der Waals surface area contributed by atoms with Gasteiger partial charge in [-0.3, -0.25) is 0 Å². The maximum Gasteiger partial charge on any atom is 0.171 e. The summed E-state index contributed by atoms with van der Waals surface area (Å²) in [5, 5.41) is 11.6. The van der Waals surface area contributed by atoms with Crippen molar-refractivity contribution in [2.45, 2.75) is 0 Å². The molecule has 0 atom stereocenters. The van der Waals surface area contributed by atoms with E-state index in [1.165, 1.54) is 16.2 Å². The summed E-state index contributed by atoms with van der Waals surface area (Å²) in [4.78, 5) is 0. The Balaban J connectivity index is 1.31. The lowest BCUT2D eigenvalue weighted by Gasteiger charge is -2.22. The van der Waals surface area contributed by atoms with Gasteiger partial charge in [0.05, 0.1) is 0 Å². The molecule has 0 spiro atoms. The Kier molecular flexibility index (Phi) is 5.81. The monoisotopic (exact) mass is 594 g/mol. The molecule has 0 aliphatic rings. The molecule has 0 radical (unpaired) electrons. The molecule has 0 N–H and O–H groups in total. The quantitative estimate of drug-likeness (QED) is 0.150. The molecule has 0 unspecified atom stereocenters. The van der Waals surface area contributed by atoms with E-state index in [-0.39, 0.29) is 0 Å². The fourth-order valence-electron chi connectivity index (χ4n) is 7.09. The van der Waals surface area contributed by atoms with Crippen molar-refractivity contribution in [1.29, 1.82) is 0 Å². The highest BCUT2D eigenvalue weighted by molar-refractivity contribution is 7.85. The summed E-state index contributed by atoms with van der Waals surface area (Å²) < 4.78 is 22.0. The third kappa shape index (κ3) is 3.86. The van der Waals surface area contributed by atoms with Crippen LogP contribution in [-0.2, 0) is 4.57 Å². The first-order valence-corrected chi connectivity index (χ1v) is 16.9. The van der Waals surface area contributed by atoms with E-state index in [2.05, 4.69) is 97.1 Å². The number of hydrogen-bond donors (Lipinski definition) is 0. The topological polar surface area (TPSA) is 30.2 Å². The zero-order valence-electron chi connectivity index (χ0n) is 24.4. The van der Waals surface area contributed by atoms with Gasteiger partial charge >= 0.3 is 0 Å². The van der Waals surface area contributed by atoms with Crippen molar-refractivity contribution in [3.63, 3.8) is 0 Å². The van der Waals surface area contributed by atoms with Crippen molar-refractivity contribution in [1.82, 2.24) is 0 Å². The van der Waals surface area contributed by atoms with E-state index in [9.17, 15) is 0 Å². The first-order chi connectivity index (χ1) is 22.2. The largest absolute Gasteiger partial charge is 0.455 e. The minimum Gasteiger partial charge on any atom is -0.455 e. The smallest absolute Gasteiger partial charge is 0.171 e. The van der Waals surface area contributed by atoms with Gasteiger partial charge < -0.3 is 8.98 Å². The lowest BCUT2D eigenvalue weighted by Crippen LogP contribution is -2.25. The van der Waals surface area contributed by atoms with Crippen LogP contribution in [0, 0.1) is 0 Å². The molecule has 212 valence electrons. The Bertz CT molecular complexity index is 2570. The van der Waals surface area contributed by atoms with Crippen LogP contribution in [-0.4, -0.2) is 0 Å². The average Bonchev–Trinajstić information content (AvgIpc) is 3.51. The third-order valence-corrected chi connectivity index (χ3v) is 12.3. The number of benzene rings is 8. The van der Waals surface area contributed by atoms with E-state index in [0.717, 1.165) is 65.1 Å². The highest BCUT2D eigenvalue weighted by Crippen LogP contribution is 2.46. The lowest BCUT2D eigenvalue weighted by atomic mass is 9.94. The van der Waals surface area contributed by atoms with Gasteiger partial charge in [-0.05, 0) is 56.3 Å². The number of fused-ring (bicyclic) bond motifs is 9. The van der Waals surface area contributed by atoms with Crippen LogP contribution in [0.3, 0.4) is 0 Å². The Hall–Kier alpha value is -5.43. The average molecular weight is 595 g/mol. The van der Waals surface area contributed by atoms with Crippen molar-refractivity contribution >= 4 is 77.3 Å². The van der Waals surface area contributed by atoms with Crippen LogP contribution >= 0.6 is 7.14 Å². The summed E-state index contributed by atoms with van der Waals surface area (Å²) in [5.41, 5.74) is 3.99. The molecule has 0 aliphatic carbocycles. The predicted molar refractivity (Wildman–Crippen MR) is 191 cm³/mol. The summed E-state index contributed by atoms with van der Waals surface area (Å²) >= 11 is 0. The van der Waals surface area contributed by atoms with E-state index < -0.39 is 7.14 Å². The van der Waals surface area contributed by atoms with E-state index in [1.54, 1.807) is 0 Å². The van der Waals surface area contributed by atoms with Crippen molar-refractivity contribution in [3.05, 3.63) is 164 Å². The molecule has 1 heterocycles. The van der Waals surface area contributed by atoms with E-state index in [1.807, 2.05) is 66.7 Å². The van der Waals surface area contributed by atoms with Gasteiger partial charge in [0, 0.05) is 32.1 Å². The molecule has 0 amide bonds. The van der Waals surface area contributed by atoms with E-state index in [4.69, 9.17) is 4.42 Å². The van der Waals surface area contributed by atoms with Gasteiger partial charge in [0.1, 0.15) is 11.2 Å². The second-order valence-electron chi connectivity index (χ2n) is 11.6. The van der Waals surface area contributed by atoms with Gasteiger partial charge in [-0.1, -0.05) is 146 Å². The van der Waals surface area contributed by atoms with Crippen LogP contribution in [0.25, 0.3) is 65.4 Å². The minimum absolute atomic E-state index is 0.833. The van der Waals surface area contributed by atoms with E-state index >= 15 is 4.57 Å². The molecule has 9 rings (SSSR count). The first kappa shape index (κ1) is 26.0. The summed E-state index contributed by atoms with van der Waals surface area (Å²) in [6.07, 6.45) is 0. The zero-order chi connectivity index (χ0) is 30.0. The summed E-state index contributed by atoms with van der Waals surface area (Å²) in [6.45, 7) is 0. The molecule has 0 aliphatic heterocycles. The molecule has 2 nitrogen and oxygen atoms in total. The first-order valence-electron chi connectivity index (χ1n) is 15.2. The molecular weight excluding hydrogens is 567 g/mol. The molecular formula is C42H27O2P. The maximum absolute atomic E-state index is 15.4. The SMILES string of the molecule is O=P(c1ccccc1)(c1ccccc1)c1ccc(-c2ccc3oc4c5ccccc5c5ccccc5c4c3c2)c2ccccc12. The van der Waals surface area contributed by atoms with Gasteiger partial charge in [0.15, 0.2) is 7.14 Å². The van der Waals surface area contributed by atoms with Crippen molar-refractivity contribution in [2.24, 2.45) is 0 Å². The number of furan rings is 1. The molecule has 0 saturated carbocycles. The van der Waals surface area contributed by atoms with Crippen LogP contribution in [0.5, 0.6) is 0 Å². The normalized spacial score (nSPS) is 12.1. The Morgan fingerprint density at radius 1 is 0.422 bits per heavy atom. The van der Waals surface area contributed by atoms with Crippen LogP contribution < -0.4 is 15.9 Å². The van der Waals surface area contributed by atoms with Crippen LogP contribution in [0.15, 0.2) is 168 Å². The van der Waals surface area contributed by atoms with Gasteiger partial charge in [-0.2, -0.15) is 0 Å². The Labute approximate surface area is 260 Å². The van der Waals surface area contributed by atoms with Crippen LogP contribution in [0.2, 0.25) is 0 Å². The van der Waals surface area contributed by atoms with Crippen molar-refractivity contribution in [2.75, 3.05) is 0 Å². The highest BCUT2D eigenvalue weighted by Gasteiger charge is 2.31. The molecule has 8 aromatic carbocycles. The Morgan fingerprint density at radius 2 is 0.956 bits per heavy atom. The van der Waals surface area contributed by atoms with E-state index in [0.29, 0.717) is 0 Å². The zero-order valence-corrected chi connectivity index (χ0v) is 25.2. The van der Waals surface area contributed by atoms with Gasteiger partial charge in [-0.15, -0.1) is 0 Å².